The van der Waals surface area contributed by atoms with Crippen LogP contribution in [-0.4, -0.2) is 7.05 Å². The standard InChI is InChI=1S/C21H19N/c1-22-20-13-7-5-11-17(20)19(15-16-9-3-2-4-10-16)18-12-6-8-14-21(18)22/h2-14,19H,15H2,1H3/i19D. The van der Waals surface area contributed by atoms with Gasteiger partial charge in [0.05, 0.1) is 0 Å². The second-order valence-electron chi connectivity index (χ2n) is 5.73. The van der Waals surface area contributed by atoms with Crippen molar-refractivity contribution in [3.63, 3.8) is 0 Å². The van der Waals surface area contributed by atoms with E-state index in [0.717, 1.165) is 22.5 Å². The van der Waals surface area contributed by atoms with Gasteiger partial charge in [0, 0.05) is 25.7 Å². The molecule has 0 radical (unpaired) electrons. The van der Waals surface area contributed by atoms with E-state index in [1.54, 1.807) is 0 Å². The van der Waals surface area contributed by atoms with Crippen molar-refractivity contribution in [3.8, 4) is 0 Å². The van der Waals surface area contributed by atoms with Crippen molar-refractivity contribution in [2.75, 3.05) is 11.9 Å². The van der Waals surface area contributed by atoms with Gasteiger partial charge < -0.3 is 4.90 Å². The monoisotopic (exact) mass is 286 g/mol. The molecule has 108 valence electrons. The minimum atomic E-state index is -0.763. The summed E-state index contributed by atoms with van der Waals surface area (Å²) in [6.45, 7) is 0. The van der Waals surface area contributed by atoms with Gasteiger partial charge in [-0.25, -0.2) is 0 Å². The largest absolute Gasteiger partial charge is 0.344 e. The van der Waals surface area contributed by atoms with E-state index in [0.29, 0.717) is 6.42 Å². The van der Waals surface area contributed by atoms with Crippen molar-refractivity contribution in [2.45, 2.75) is 12.3 Å². The molecule has 1 heteroatoms. The predicted octanol–water partition coefficient (Wildman–Crippen LogP) is 5.14. The van der Waals surface area contributed by atoms with Gasteiger partial charge in [-0.2, -0.15) is 0 Å². The van der Waals surface area contributed by atoms with Gasteiger partial charge in [-0.1, -0.05) is 66.7 Å². The molecule has 4 rings (SSSR count). The van der Waals surface area contributed by atoms with E-state index in [9.17, 15) is 1.37 Å². The van der Waals surface area contributed by atoms with Crippen molar-refractivity contribution < 1.29 is 1.37 Å². The lowest BCUT2D eigenvalue weighted by molar-refractivity contribution is 0.785. The zero-order valence-corrected chi connectivity index (χ0v) is 12.7. The molecule has 1 nitrogen and oxygen atoms in total. The van der Waals surface area contributed by atoms with Gasteiger partial charge in [-0.3, -0.25) is 0 Å². The van der Waals surface area contributed by atoms with Gasteiger partial charge in [-0.15, -0.1) is 0 Å². The molecule has 1 aliphatic heterocycles. The van der Waals surface area contributed by atoms with Crippen molar-refractivity contribution in [3.05, 3.63) is 95.6 Å². The summed E-state index contributed by atoms with van der Waals surface area (Å²) < 4.78 is 9.39. The summed E-state index contributed by atoms with van der Waals surface area (Å²) in [4.78, 5) is 2.20. The van der Waals surface area contributed by atoms with E-state index in [1.807, 2.05) is 42.5 Å². The van der Waals surface area contributed by atoms with Crippen LogP contribution in [0.2, 0.25) is 0 Å². The molecule has 0 aliphatic carbocycles. The smallest absolute Gasteiger partial charge is 0.0447 e. The lowest BCUT2D eigenvalue weighted by Crippen LogP contribution is -2.22. The van der Waals surface area contributed by atoms with E-state index >= 15 is 0 Å². The Morgan fingerprint density at radius 3 is 1.86 bits per heavy atom. The number of rotatable bonds is 2. The van der Waals surface area contributed by atoms with Crippen molar-refractivity contribution >= 4 is 11.4 Å². The Kier molecular flexibility index (Phi) is 2.93. The van der Waals surface area contributed by atoms with Crippen molar-refractivity contribution in [1.82, 2.24) is 0 Å². The maximum Gasteiger partial charge on any atom is 0.0447 e. The predicted molar refractivity (Wildman–Crippen MR) is 92.9 cm³/mol. The van der Waals surface area contributed by atoms with Gasteiger partial charge in [0.2, 0.25) is 0 Å². The average molecular weight is 286 g/mol. The SMILES string of the molecule is [2H]C1(Cc2ccccc2)c2ccccc2N(C)c2ccccc21. The summed E-state index contributed by atoms with van der Waals surface area (Å²) in [5.74, 6) is -0.763. The zero-order valence-electron chi connectivity index (χ0n) is 13.7. The first kappa shape index (κ1) is 12.0. The van der Waals surface area contributed by atoms with Gasteiger partial charge in [0.25, 0.3) is 0 Å². The Bertz CT molecular complexity index is 794. The highest BCUT2D eigenvalue weighted by molar-refractivity contribution is 5.75. The van der Waals surface area contributed by atoms with Gasteiger partial charge in [0.1, 0.15) is 0 Å². The molecule has 0 unspecified atom stereocenters. The van der Waals surface area contributed by atoms with Gasteiger partial charge in [0.15, 0.2) is 0 Å². The summed E-state index contributed by atoms with van der Waals surface area (Å²) in [6.07, 6.45) is 0.676. The number of benzene rings is 3. The number of anilines is 2. The quantitative estimate of drug-likeness (QED) is 0.630. The summed E-state index contributed by atoms with van der Waals surface area (Å²) >= 11 is 0. The van der Waals surface area contributed by atoms with Crippen LogP contribution in [0.1, 0.15) is 24.0 Å². The molecule has 3 aromatic carbocycles. The third kappa shape index (κ3) is 2.10. The van der Waals surface area contributed by atoms with E-state index in [4.69, 9.17) is 0 Å². The topological polar surface area (TPSA) is 3.24 Å². The highest BCUT2D eigenvalue weighted by Gasteiger charge is 2.28. The fraction of sp³-hybridized carbons (Fsp3) is 0.143. The first-order valence-corrected chi connectivity index (χ1v) is 7.67. The van der Waals surface area contributed by atoms with Gasteiger partial charge in [-0.05, 0) is 35.2 Å². The Morgan fingerprint density at radius 2 is 1.27 bits per heavy atom. The van der Waals surface area contributed by atoms with Crippen LogP contribution in [0, 0.1) is 0 Å². The summed E-state index contributed by atoms with van der Waals surface area (Å²) in [7, 11) is 2.08. The molecule has 3 aromatic rings. The van der Waals surface area contributed by atoms with Crippen LogP contribution in [0.5, 0.6) is 0 Å². The first-order valence-electron chi connectivity index (χ1n) is 8.17. The van der Waals surface area contributed by atoms with Crippen LogP contribution >= 0.6 is 0 Å². The minimum absolute atomic E-state index is 0.676. The van der Waals surface area contributed by atoms with E-state index in [1.165, 1.54) is 5.56 Å². The minimum Gasteiger partial charge on any atom is -0.344 e. The number of nitrogens with zero attached hydrogens (tertiary/aromatic N) is 1. The fourth-order valence-corrected chi connectivity index (χ4v) is 3.31. The van der Waals surface area contributed by atoms with Crippen molar-refractivity contribution in [2.24, 2.45) is 0 Å². The number of hydrogen-bond donors (Lipinski definition) is 0. The molecule has 0 N–H and O–H groups in total. The molecular formula is C21H19N. The second-order valence-corrected chi connectivity index (χ2v) is 5.73. The normalized spacial score (nSPS) is 15.7. The third-order valence-corrected chi connectivity index (χ3v) is 4.40. The number of para-hydroxylation sites is 2. The van der Waals surface area contributed by atoms with Crippen LogP contribution in [0.4, 0.5) is 11.4 Å². The average Bonchev–Trinajstić information content (AvgIpc) is 2.61. The maximum absolute atomic E-state index is 9.39. The third-order valence-electron chi connectivity index (χ3n) is 4.40. The Balaban J connectivity index is 1.94. The van der Waals surface area contributed by atoms with Crippen LogP contribution in [-0.2, 0) is 6.42 Å². The molecular weight excluding hydrogens is 266 g/mol. The van der Waals surface area contributed by atoms with E-state index < -0.39 is 5.89 Å². The Hall–Kier alpha value is -2.54. The molecule has 0 fully saturated rings. The van der Waals surface area contributed by atoms with Crippen LogP contribution in [0.3, 0.4) is 0 Å². The van der Waals surface area contributed by atoms with Crippen LogP contribution < -0.4 is 4.90 Å². The van der Waals surface area contributed by atoms with E-state index in [-0.39, 0.29) is 0 Å². The molecule has 0 spiro atoms. The summed E-state index contributed by atoms with van der Waals surface area (Å²) in [5, 5.41) is 0. The molecule has 0 amide bonds. The first-order chi connectivity index (χ1) is 11.2. The Morgan fingerprint density at radius 1 is 0.773 bits per heavy atom. The maximum atomic E-state index is 9.39. The molecule has 0 aromatic heterocycles. The second kappa shape index (κ2) is 5.34. The lowest BCUT2D eigenvalue weighted by atomic mass is 9.81. The van der Waals surface area contributed by atoms with Crippen LogP contribution in [0.15, 0.2) is 78.9 Å². The Labute approximate surface area is 133 Å². The molecule has 1 heterocycles. The highest BCUT2D eigenvalue weighted by Crippen LogP contribution is 2.45. The molecule has 1 aliphatic rings. The molecule has 0 saturated heterocycles. The summed E-state index contributed by atoms with van der Waals surface area (Å²) in [6, 6.07) is 26.9. The fourth-order valence-electron chi connectivity index (χ4n) is 3.31. The molecule has 0 bridgehead atoms. The zero-order chi connectivity index (χ0) is 15.9. The number of hydrogen-bond acceptors (Lipinski definition) is 1. The molecule has 0 saturated carbocycles. The van der Waals surface area contributed by atoms with Crippen molar-refractivity contribution in [1.29, 1.82) is 0 Å². The number of fused-ring (bicyclic) bond motifs is 2. The molecule has 0 atom stereocenters. The van der Waals surface area contributed by atoms with Crippen LogP contribution in [0.25, 0.3) is 0 Å². The van der Waals surface area contributed by atoms with Gasteiger partial charge >= 0.3 is 0 Å². The highest BCUT2D eigenvalue weighted by atomic mass is 15.1. The van der Waals surface area contributed by atoms with E-state index in [2.05, 4.69) is 48.3 Å². The lowest BCUT2D eigenvalue weighted by Gasteiger charge is -2.35. The molecule has 22 heavy (non-hydrogen) atoms. The summed E-state index contributed by atoms with van der Waals surface area (Å²) in [5.41, 5.74) is 5.58.